The van der Waals surface area contributed by atoms with E-state index in [4.69, 9.17) is 10.2 Å². The zero-order chi connectivity index (χ0) is 14.1. The van der Waals surface area contributed by atoms with Gasteiger partial charge in [-0.1, -0.05) is 0 Å². The predicted molar refractivity (Wildman–Crippen MR) is 69.8 cm³/mol. The summed E-state index contributed by atoms with van der Waals surface area (Å²) in [4.78, 5) is 10.7. The maximum absolute atomic E-state index is 12.0. The molecule has 1 saturated carbocycles. The number of aliphatic hydroxyl groups excluding tert-OH is 1. The summed E-state index contributed by atoms with van der Waals surface area (Å²) in [6, 6.07) is 1.15. The van der Waals surface area contributed by atoms with Crippen molar-refractivity contribution in [3.63, 3.8) is 0 Å². The molecule has 1 aliphatic rings. The Balaban J connectivity index is 2.03. The molecule has 106 valence electrons. The average molecular weight is 305 g/mol. The van der Waals surface area contributed by atoms with Gasteiger partial charge in [0.25, 0.3) is 0 Å². The molecule has 0 radical (unpaired) electrons. The van der Waals surface area contributed by atoms with Gasteiger partial charge < -0.3 is 10.2 Å². The van der Waals surface area contributed by atoms with Crippen molar-refractivity contribution >= 4 is 27.3 Å². The lowest BCUT2D eigenvalue weighted by atomic mass is 10.0. The lowest BCUT2D eigenvalue weighted by Crippen LogP contribution is -2.30. The first-order valence-corrected chi connectivity index (χ1v) is 8.17. The van der Waals surface area contributed by atoms with Crippen LogP contribution in [0.4, 0.5) is 0 Å². The molecule has 6 nitrogen and oxygen atoms in total. The van der Waals surface area contributed by atoms with Crippen LogP contribution in [0, 0.1) is 5.41 Å². The van der Waals surface area contributed by atoms with Gasteiger partial charge >= 0.3 is 5.97 Å². The zero-order valence-corrected chi connectivity index (χ0v) is 11.8. The molecule has 0 aromatic carbocycles. The van der Waals surface area contributed by atoms with E-state index in [0.717, 1.165) is 30.2 Å². The maximum atomic E-state index is 12.0. The molecule has 0 spiro atoms. The molecule has 19 heavy (non-hydrogen) atoms. The molecule has 1 fully saturated rings. The number of nitrogens with one attached hydrogen (secondary N) is 1. The van der Waals surface area contributed by atoms with E-state index in [1.54, 1.807) is 0 Å². The number of thiophene rings is 1. The Labute approximate surface area is 115 Å². The van der Waals surface area contributed by atoms with Gasteiger partial charge in [-0.25, -0.2) is 17.9 Å². The van der Waals surface area contributed by atoms with Crippen LogP contribution in [-0.2, 0) is 10.0 Å². The van der Waals surface area contributed by atoms with Gasteiger partial charge in [-0.15, -0.1) is 11.3 Å². The van der Waals surface area contributed by atoms with Crippen LogP contribution in [0.25, 0.3) is 0 Å². The molecule has 0 unspecified atom stereocenters. The first kappa shape index (κ1) is 14.4. The minimum atomic E-state index is -3.66. The highest BCUT2D eigenvalue weighted by atomic mass is 32.2. The SMILES string of the molecule is O=C(O)c1csc(S(=O)(=O)NCC2(CCO)CC2)c1. The molecular weight excluding hydrogens is 290 g/mol. The van der Waals surface area contributed by atoms with Crippen molar-refractivity contribution in [2.75, 3.05) is 13.2 Å². The molecule has 3 N–H and O–H groups in total. The van der Waals surface area contributed by atoms with E-state index in [1.807, 2.05) is 0 Å². The van der Waals surface area contributed by atoms with Crippen molar-refractivity contribution < 1.29 is 23.4 Å². The summed E-state index contributed by atoms with van der Waals surface area (Å²) in [6.07, 6.45) is 2.39. The number of aromatic carboxylic acids is 1. The quantitative estimate of drug-likeness (QED) is 0.694. The number of carboxylic acid groups (broad SMARTS) is 1. The highest BCUT2D eigenvalue weighted by Gasteiger charge is 2.42. The minimum absolute atomic E-state index is 0.00435. The molecule has 0 bridgehead atoms. The zero-order valence-electron chi connectivity index (χ0n) is 10.1. The van der Waals surface area contributed by atoms with Gasteiger partial charge in [-0.2, -0.15) is 0 Å². The smallest absolute Gasteiger partial charge is 0.336 e. The highest BCUT2D eigenvalue weighted by molar-refractivity contribution is 7.91. The van der Waals surface area contributed by atoms with E-state index in [1.165, 1.54) is 5.38 Å². The second-order valence-corrected chi connectivity index (χ2v) is 7.66. The number of aliphatic hydroxyl groups is 1. The van der Waals surface area contributed by atoms with E-state index < -0.39 is 16.0 Å². The molecule has 1 aliphatic carbocycles. The summed E-state index contributed by atoms with van der Waals surface area (Å²) < 4.78 is 26.5. The third-order valence-corrected chi connectivity index (χ3v) is 6.16. The fraction of sp³-hybridized carbons (Fsp3) is 0.545. The topological polar surface area (TPSA) is 104 Å². The van der Waals surface area contributed by atoms with Gasteiger partial charge in [0.15, 0.2) is 0 Å². The Hall–Kier alpha value is -0.960. The Morgan fingerprint density at radius 2 is 2.16 bits per heavy atom. The van der Waals surface area contributed by atoms with Crippen molar-refractivity contribution in [1.29, 1.82) is 0 Å². The maximum Gasteiger partial charge on any atom is 0.336 e. The largest absolute Gasteiger partial charge is 0.478 e. The van der Waals surface area contributed by atoms with Gasteiger partial charge in [-0.3, -0.25) is 0 Å². The molecule has 0 amide bonds. The number of sulfonamides is 1. The molecule has 1 aromatic rings. The molecule has 0 saturated heterocycles. The van der Waals surface area contributed by atoms with Crippen LogP contribution in [0.15, 0.2) is 15.7 Å². The van der Waals surface area contributed by atoms with Crippen LogP contribution >= 0.6 is 11.3 Å². The summed E-state index contributed by atoms with van der Waals surface area (Å²) in [6.45, 7) is 0.333. The van der Waals surface area contributed by atoms with E-state index in [2.05, 4.69) is 4.72 Å². The lowest BCUT2D eigenvalue weighted by molar-refractivity contribution is 0.0697. The second kappa shape index (κ2) is 5.20. The summed E-state index contributed by atoms with van der Waals surface area (Å²) in [5, 5.41) is 19.0. The monoisotopic (exact) mass is 305 g/mol. The van der Waals surface area contributed by atoms with E-state index in [0.29, 0.717) is 6.42 Å². The number of hydrogen-bond acceptors (Lipinski definition) is 5. The Bertz CT molecular complexity index is 574. The summed E-state index contributed by atoms with van der Waals surface area (Å²) in [5.41, 5.74) is -0.142. The third kappa shape index (κ3) is 3.33. The van der Waals surface area contributed by atoms with Gasteiger partial charge in [0.1, 0.15) is 4.21 Å². The van der Waals surface area contributed by atoms with Crippen LogP contribution in [0.3, 0.4) is 0 Å². The second-order valence-electron chi connectivity index (χ2n) is 4.76. The Morgan fingerprint density at radius 1 is 1.47 bits per heavy atom. The van der Waals surface area contributed by atoms with E-state index in [-0.39, 0.29) is 28.3 Å². The van der Waals surface area contributed by atoms with Crippen LogP contribution < -0.4 is 4.72 Å². The molecule has 0 aliphatic heterocycles. The summed E-state index contributed by atoms with van der Waals surface area (Å²) >= 11 is 0.888. The highest BCUT2D eigenvalue weighted by Crippen LogP contribution is 2.48. The number of rotatable bonds is 7. The van der Waals surface area contributed by atoms with Crippen molar-refractivity contribution in [2.45, 2.75) is 23.5 Å². The van der Waals surface area contributed by atoms with Gasteiger partial charge in [0, 0.05) is 18.5 Å². The molecular formula is C11H15NO5S2. The summed E-state index contributed by atoms with van der Waals surface area (Å²) in [7, 11) is -3.66. The fourth-order valence-electron chi connectivity index (χ4n) is 1.82. The van der Waals surface area contributed by atoms with Crippen LogP contribution in [-0.4, -0.2) is 37.8 Å². The normalized spacial score (nSPS) is 17.3. The van der Waals surface area contributed by atoms with E-state index >= 15 is 0 Å². The van der Waals surface area contributed by atoms with Gasteiger partial charge in [-0.05, 0) is 30.7 Å². The standard InChI is InChI=1S/C11H15NO5S2/c13-4-3-11(1-2-11)7-12-19(16,17)9-5-8(6-18-9)10(14)15/h5-6,12-13H,1-4,7H2,(H,14,15). The number of hydrogen-bond donors (Lipinski definition) is 3. The molecule has 1 aromatic heterocycles. The average Bonchev–Trinajstić information content (AvgIpc) is 2.92. The first-order valence-electron chi connectivity index (χ1n) is 5.81. The number of carboxylic acids is 1. The van der Waals surface area contributed by atoms with E-state index in [9.17, 15) is 13.2 Å². The van der Waals surface area contributed by atoms with Crippen LogP contribution in [0.5, 0.6) is 0 Å². The Kier molecular flexibility index (Phi) is 3.95. The molecule has 2 rings (SSSR count). The predicted octanol–water partition coefficient (Wildman–Crippen LogP) is 0.887. The first-order chi connectivity index (χ1) is 8.88. The van der Waals surface area contributed by atoms with Gasteiger partial charge in [0.05, 0.1) is 5.56 Å². The lowest BCUT2D eigenvalue weighted by Gasteiger charge is -2.13. The van der Waals surface area contributed by atoms with Crippen molar-refractivity contribution in [2.24, 2.45) is 5.41 Å². The molecule has 1 heterocycles. The van der Waals surface area contributed by atoms with Crippen molar-refractivity contribution in [3.05, 3.63) is 17.0 Å². The number of carbonyl (C=O) groups is 1. The Morgan fingerprint density at radius 3 is 2.63 bits per heavy atom. The molecule has 0 atom stereocenters. The van der Waals surface area contributed by atoms with Crippen molar-refractivity contribution in [3.8, 4) is 0 Å². The van der Waals surface area contributed by atoms with Crippen LogP contribution in [0.2, 0.25) is 0 Å². The van der Waals surface area contributed by atoms with Gasteiger partial charge in [0.2, 0.25) is 10.0 Å². The summed E-state index contributed by atoms with van der Waals surface area (Å²) in [5.74, 6) is -1.14. The molecule has 8 heteroatoms. The third-order valence-electron chi connectivity index (χ3n) is 3.32. The fourth-order valence-corrected chi connectivity index (χ4v) is 4.17. The van der Waals surface area contributed by atoms with Crippen LogP contribution in [0.1, 0.15) is 29.6 Å². The minimum Gasteiger partial charge on any atom is -0.478 e. The van der Waals surface area contributed by atoms with Crippen molar-refractivity contribution in [1.82, 2.24) is 4.72 Å².